The largest absolute Gasteiger partial charge is 0.394 e. The molecular weight excluding hydrogens is 963 g/mol. The minimum absolute atomic E-state index is 0.216. The molecule has 0 radical (unpaired) electrons. The lowest BCUT2D eigenvalue weighted by molar-refractivity contribution is -0.379. The second-order valence-corrected chi connectivity index (χ2v) is 19.3. The van der Waals surface area contributed by atoms with Crippen LogP contribution in [0.3, 0.4) is 0 Å². The lowest BCUT2D eigenvalue weighted by Crippen LogP contribution is -2.66. The highest BCUT2D eigenvalue weighted by Crippen LogP contribution is 2.33. The molecule has 0 aromatic rings. The van der Waals surface area contributed by atoms with Crippen molar-refractivity contribution in [1.29, 1.82) is 0 Å². The van der Waals surface area contributed by atoms with Crippen molar-refractivity contribution in [2.75, 3.05) is 26.4 Å². The number of unbranched alkanes of at least 4 members (excludes halogenated alkanes) is 11. The topological polar surface area (TPSA) is 307 Å². The summed E-state index contributed by atoms with van der Waals surface area (Å²) in [7, 11) is 0. The predicted molar refractivity (Wildman–Crippen MR) is 277 cm³/mol. The molecule has 3 aliphatic rings. The van der Waals surface area contributed by atoms with Gasteiger partial charge in [-0.15, -0.1) is 0 Å². The molecule has 3 aliphatic heterocycles. The van der Waals surface area contributed by atoms with Crippen molar-refractivity contribution in [1.82, 2.24) is 5.32 Å². The van der Waals surface area contributed by atoms with E-state index in [1.165, 1.54) is 12.8 Å². The monoisotopic (exact) mass is 1060 g/mol. The number of hydrogen-bond acceptors (Lipinski definition) is 18. The molecule has 0 aromatic carbocycles. The van der Waals surface area contributed by atoms with Crippen LogP contribution < -0.4 is 5.32 Å². The van der Waals surface area contributed by atoms with Gasteiger partial charge in [0.2, 0.25) is 5.91 Å². The molecule has 426 valence electrons. The normalized spacial score (nSPS) is 32.0. The van der Waals surface area contributed by atoms with Crippen molar-refractivity contribution < 1.29 is 89.4 Å². The van der Waals surface area contributed by atoms with E-state index in [1.54, 1.807) is 6.08 Å². The molecule has 74 heavy (non-hydrogen) atoms. The molecule has 0 spiro atoms. The van der Waals surface area contributed by atoms with Gasteiger partial charge in [0.25, 0.3) is 0 Å². The number of aliphatic hydroxyl groups excluding tert-OH is 11. The molecule has 1 amide bonds. The summed E-state index contributed by atoms with van der Waals surface area (Å²) in [5.74, 6) is -0.303. The molecule has 3 rings (SSSR count). The SMILES string of the molecule is CC/C=C\C/C=C\C/C=C\C/C=C\C/C=C\CCCCCCCC(=O)NC(COC1OC(CO)C(OC2OC(CO)C(OC3OC(CO)C(O)C(O)C3O)C(O)C2O)C(O)C1O)C(O)/C=C/CCCCCCCC. The van der Waals surface area contributed by atoms with Gasteiger partial charge in [-0.25, -0.2) is 0 Å². The van der Waals surface area contributed by atoms with Crippen LogP contribution in [0, 0.1) is 0 Å². The first-order valence-electron chi connectivity index (χ1n) is 27.2. The van der Waals surface area contributed by atoms with Gasteiger partial charge in [-0.1, -0.05) is 138 Å². The van der Waals surface area contributed by atoms with Crippen LogP contribution in [0.4, 0.5) is 0 Å². The molecular formula is C55H93NO18. The van der Waals surface area contributed by atoms with Crippen LogP contribution in [0.5, 0.6) is 0 Å². The quantitative estimate of drug-likeness (QED) is 0.0314. The standard InChI is InChI=1S/C55H93NO18/c1-3-5-7-9-11-13-14-15-16-17-18-19-20-21-22-23-24-25-27-29-31-33-43(61)56-38(39(60)32-30-28-26-12-10-8-6-4-2)37-69-53-49(67)46(64)51(41(35-58)71-53)74-55-50(68)47(65)52(42(36-59)72-55)73-54-48(66)45(63)44(62)40(34-57)70-54/h5,7,11,13,15-16,18-19,21-22,30,32,38-42,44-55,57-60,62-68H,3-4,6,8-10,12,14,17,20,23-29,31,33-37H2,1-2H3,(H,56,61)/b7-5-,13-11-,16-15-,19-18-,22-21-,32-30+. The minimum Gasteiger partial charge on any atom is -0.394 e. The Labute approximate surface area is 438 Å². The average molecular weight is 1060 g/mol. The molecule has 3 heterocycles. The second-order valence-electron chi connectivity index (χ2n) is 19.3. The van der Waals surface area contributed by atoms with E-state index in [-0.39, 0.29) is 18.9 Å². The third-order valence-electron chi connectivity index (χ3n) is 13.3. The van der Waals surface area contributed by atoms with Crippen LogP contribution in [0.1, 0.15) is 136 Å². The lowest BCUT2D eigenvalue weighted by atomic mass is 9.96. The molecule has 0 aromatic heterocycles. The third-order valence-corrected chi connectivity index (χ3v) is 13.3. The second kappa shape index (κ2) is 38.7. The van der Waals surface area contributed by atoms with Crippen LogP contribution in [-0.4, -0.2) is 193 Å². The minimum atomic E-state index is -1.98. The smallest absolute Gasteiger partial charge is 0.220 e. The Hall–Kier alpha value is -2.77. The van der Waals surface area contributed by atoms with Crippen molar-refractivity contribution in [2.24, 2.45) is 0 Å². The Morgan fingerprint density at radius 2 is 0.932 bits per heavy atom. The Balaban J connectivity index is 1.49. The van der Waals surface area contributed by atoms with Crippen LogP contribution in [0.15, 0.2) is 72.9 Å². The van der Waals surface area contributed by atoms with E-state index >= 15 is 0 Å². The van der Waals surface area contributed by atoms with E-state index in [4.69, 9.17) is 28.4 Å². The van der Waals surface area contributed by atoms with Crippen molar-refractivity contribution in [3.63, 3.8) is 0 Å². The maximum atomic E-state index is 13.2. The van der Waals surface area contributed by atoms with Gasteiger partial charge in [0, 0.05) is 6.42 Å². The number of rotatable bonds is 37. The summed E-state index contributed by atoms with van der Waals surface area (Å²) in [5.41, 5.74) is 0. The number of carbonyl (C=O) groups excluding carboxylic acids is 1. The molecule has 17 atom stereocenters. The fraction of sp³-hybridized carbons (Fsp3) is 0.764. The van der Waals surface area contributed by atoms with E-state index in [0.717, 1.165) is 96.3 Å². The lowest BCUT2D eigenvalue weighted by Gasteiger charge is -2.48. The van der Waals surface area contributed by atoms with Crippen LogP contribution in [-0.2, 0) is 33.2 Å². The molecule has 3 fully saturated rings. The summed E-state index contributed by atoms with van der Waals surface area (Å²) in [6, 6.07) is -0.984. The van der Waals surface area contributed by atoms with Gasteiger partial charge in [0.1, 0.15) is 73.2 Å². The number of allylic oxidation sites excluding steroid dienone is 11. The number of amides is 1. The van der Waals surface area contributed by atoms with Gasteiger partial charge in [0.15, 0.2) is 18.9 Å². The molecule has 0 bridgehead atoms. The fourth-order valence-electron chi connectivity index (χ4n) is 8.74. The third kappa shape index (κ3) is 23.5. The number of hydrogen-bond donors (Lipinski definition) is 12. The van der Waals surface area contributed by atoms with E-state index in [9.17, 15) is 61.0 Å². The maximum Gasteiger partial charge on any atom is 0.220 e. The van der Waals surface area contributed by atoms with Crippen molar-refractivity contribution >= 4 is 5.91 Å². The molecule has 0 saturated carbocycles. The van der Waals surface area contributed by atoms with Gasteiger partial charge < -0.3 is 89.9 Å². The average Bonchev–Trinajstić information content (AvgIpc) is 3.40. The molecule has 19 heteroatoms. The van der Waals surface area contributed by atoms with E-state index in [0.29, 0.717) is 6.42 Å². The highest BCUT2D eigenvalue weighted by atomic mass is 16.8. The Bertz CT molecular complexity index is 1640. The van der Waals surface area contributed by atoms with Crippen molar-refractivity contribution in [2.45, 2.75) is 240 Å². The number of nitrogens with one attached hydrogen (secondary N) is 1. The first-order valence-corrected chi connectivity index (χ1v) is 27.2. The first kappa shape index (κ1) is 65.5. The zero-order valence-electron chi connectivity index (χ0n) is 43.8. The molecule has 17 unspecified atom stereocenters. The first-order chi connectivity index (χ1) is 35.8. The number of ether oxygens (including phenoxy) is 6. The zero-order chi connectivity index (χ0) is 54.1. The summed E-state index contributed by atoms with van der Waals surface area (Å²) in [6.07, 6.45) is 16.3. The highest BCUT2D eigenvalue weighted by Gasteiger charge is 2.53. The zero-order valence-corrected chi connectivity index (χ0v) is 43.8. The predicted octanol–water partition coefficient (Wildman–Crippen LogP) is 3.09. The van der Waals surface area contributed by atoms with Gasteiger partial charge >= 0.3 is 0 Å². The van der Waals surface area contributed by atoms with Gasteiger partial charge in [0.05, 0.1) is 38.6 Å². The van der Waals surface area contributed by atoms with E-state index in [2.05, 4.69) is 79.9 Å². The van der Waals surface area contributed by atoms with Gasteiger partial charge in [-0.3, -0.25) is 4.79 Å². The summed E-state index contributed by atoms with van der Waals surface area (Å²) in [6.45, 7) is 1.49. The summed E-state index contributed by atoms with van der Waals surface area (Å²) < 4.78 is 34.1. The Morgan fingerprint density at radius 3 is 1.46 bits per heavy atom. The van der Waals surface area contributed by atoms with Crippen molar-refractivity contribution in [3.8, 4) is 0 Å². The van der Waals surface area contributed by atoms with E-state index in [1.807, 2.05) is 6.08 Å². The molecule has 12 N–H and O–H groups in total. The molecule has 3 saturated heterocycles. The van der Waals surface area contributed by atoms with Crippen LogP contribution in [0.25, 0.3) is 0 Å². The summed E-state index contributed by atoms with van der Waals surface area (Å²) in [5, 5.41) is 120. The van der Waals surface area contributed by atoms with Crippen LogP contribution in [0.2, 0.25) is 0 Å². The van der Waals surface area contributed by atoms with Gasteiger partial charge in [-0.2, -0.15) is 0 Å². The highest BCUT2D eigenvalue weighted by molar-refractivity contribution is 5.76. The Kier molecular flexibility index (Phi) is 34.3. The number of aliphatic hydroxyl groups is 11. The number of carbonyl (C=O) groups is 1. The fourth-order valence-corrected chi connectivity index (χ4v) is 8.74. The molecule has 19 nitrogen and oxygen atoms in total. The summed E-state index contributed by atoms with van der Waals surface area (Å²) >= 11 is 0. The Morgan fingerprint density at radius 1 is 0.500 bits per heavy atom. The van der Waals surface area contributed by atoms with Crippen LogP contribution >= 0.6 is 0 Å². The maximum absolute atomic E-state index is 13.2. The summed E-state index contributed by atoms with van der Waals surface area (Å²) in [4.78, 5) is 13.2. The van der Waals surface area contributed by atoms with E-state index < -0.39 is 124 Å². The molecule has 0 aliphatic carbocycles. The van der Waals surface area contributed by atoms with Crippen molar-refractivity contribution in [3.05, 3.63) is 72.9 Å². The van der Waals surface area contributed by atoms with Gasteiger partial charge in [-0.05, 0) is 64.2 Å².